The van der Waals surface area contributed by atoms with Gasteiger partial charge in [-0.25, -0.2) is 14.2 Å². The molecule has 28 heavy (non-hydrogen) atoms. The Labute approximate surface area is 162 Å². The highest BCUT2D eigenvalue weighted by Crippen LogP contribution is 2.39. The van der Waals surface area contributed by atoms with Crippen molar-refractivity contribution < 1.29 is 26.7 Å². The first-order chi connectivity index (χ1) is 13.0. The summed E-state index contributed by atoms with van der Waals surface area (Å²) < 4.78 is 67.0. The number of anilines is 1. The van der Waals surface area contributed by atoms with Crippen LogP contribution < -0.4 is 10.4 Å². The number of rotatable bonds is 4. The van der Waals surface area contributed by atoms with Gasteiger partial charge in [0.1, 0.15) is 6.29 Å². The van der Waals surface area contributed by atoms with Crippen molar-refractivity contribution in [3.63, 3.8) is 0 Å². The lowest BCUT2D eigenvalue weighted by Crippen LogP contribution is -2.31. The van der Waals surface area contributed by atoms with Crippen molar-refractivity contribution in [2.75, 3.05) is 5.01 Å². The van der Waals surface area contributed by atoms with Crippen molar-refractivity contribution in [1.29, 1.82) is 0 Å². The number of halogens is 6. The summed E-state index contributed by atoms with van der Waals surface area (Å²) in [5.41, 5.74) is 1.49. The highest BCUT2D eigenvalue weighted by atomic mass is 35.5. The Morgan fingerprint density at radius 2 is 1.75 bits per heavy atom. The largest absolute Gasteiger partial charge is 0.416 e. The van der Waals surface area contributed by atoms with Crippen molar-refractivity contribution in [2.24, 2.45) is 0 Å². The molecule has 0 saturated carbocycles. The van der Waals surface area contributed by atoms with Gasteiger partial charge in [-0.3, -0.25) is 9.80 Å². The lowest BCUT2D eigenvalue weighted by Gasteiger charge is -2.23. The summed E-state index contributed by atoms with van der Waals surface area (Å²) >= 11 is 5.95. The minimum atomic E-state index is -4.81. The number of nitrogens with one attached hydrogen (secondary N) is 1. The van der Waals surface area contributed by atoms with Crippen molar-refractivity contribution in [3.8, 4) is 0 Å². The van der Waals surface area contributed by atoms with Crippen LogP contribution in [0.3, 0.4) is 0 Å². The molecule has 3 nitrogen and oxygen atoms in total. The highest BCUT2D eigenvalue weighted by molar-refractivity contribution is 6.30. The summed E-state index contributed by atoms with van der Waals surface area (Å²) in [5, 5.41) is 1.54. The van der Waals surface area contributed by atoms with Crippen molar-refractivity contribution >= 4 is 23.6 Å². The van der Waals surface area contributed by atoms with Gasteiger partial charge in [0.2, 0.25) is 0 Å². The molecule has 0 amide bonds. The topological polar surface area (TPSA) is 32.3 Å². The molecule has 1 aliphatic rings. The van der Waals surface area contributed by atoms with Gasteiger partial charge in [-0.05, 0) is 35.9 Å². The van der Waals surface area contributed by atoms with Crippen LogP contribution in [0.1, 0.15) is 29.7 Å². The third kappa shape index (κ3) is 4.18. The molecule has 148 valence electrons. The van der Waals surface area contributed by atoms with E-state index < -0.39 is 29.3 Å². The Kier molecular flexibility index (Phi) is 5.20. The zero-order chi connectivity index (χ0) is 20.7. The second kappa shape index (κ2) is 7.18. The highest BCUT2D eigenvalue weighted by Gasteiger charge is 2.36. The van der Waals surface area contributed by atoms with Gasteiger partial charge in [0.15, 0.2) is 0 Å². The predicted octanol–water partition coefficient (Wildman–Crippen LogP) is 5.62. The summed E-state index contributed by atoms with van der Waals surface area (Å²) in [6, 6.07) is 7.98. The van der Waals surface area contributed by atoms with E-state index in [1.165, 1.54) is 6.20 Å². The molecule has 3 rings (SSSR count). The molecule has 2 aromatic rings. The number of carbonyl (C=O) groups excluding carboxylic acids is 1. The molecule has 2 aromatic carbocycles. The predicted molar refractivity (Wildman–Crippen MR) is 95.0 cm³/mol. The van der Waals surface area contributed by atoms with Gasteiger partial charge in [0, 0.05) is 29.3 Å². The van der Waals surface area contributed by atoms with Gasteiger partial charge < -0.3 is 0 Å². The Balaban J connectivity index is 2.04. The molecule has 1 atom stereocenters. The lowest BCUT2D eigenvalue weighted by atomic mass is 10.0. The lowest BCUT2D eigenvalue weighted by molar-refractivity contribution is -0.137. The average molecular weight is 417 g/mol. The summed E-state index contributed by atoms with van der Waals surface area (Å²) in [5.74, 6) is -3.47. The zero-order valence-electron chi connectivity index (χ0n) is 14.4. The maximum absolute atomic E-state index is 13.7. The summed E-state index contributed by atoms with van der Waals surface area (Å²) in [7, 11) is 0. The van der Waals surface area contributed by atoms with Crippen molar-refractivity contribution in [2.45, 2.75) is 25.1 Å². The minimum Gasteiger partial charge on any atom is -0.298 e. The zero-order valence-corrected chi connectivity index (χ0v) is 15.2. The molecule has 0 spiro atoms. The fourth-order valence-electron chi connectivity index (χ4n) is 2.84. The van der Waals surface area contributed by atoms with Gasteiger partial charge in [-0.1, -0.05) is 23.7 Å². The SMILES string of the molecule is CC(F)(F)c1cc(N2C=C(C=O)C(c3cccc(Cl)c3)N2)cc(C(F)(F)F)c1. The molecular formula is C19H14ClF5N2O. The number of hydrogen-bond acceptors (Lipinski definition) is 3. The van der Waals surface area contributed by atoms with Crippen LogP contribution in [0.5, 0.6) is 0 Å². The fraction of sp³-hybridized carbons (Fsp3) is 0.211. The fourth-order valence-corrected chi connectivity index (χ4v) is 3.04. The van der Waals surface area contributed by atoms with E-state index in [9.17, 15) is 26.7 Å². The molecule has 0 aromatic heterocycles. The molecule has 1 N–H and O–H groups in total. The van der Waals surface area contributed by atoms with Crippen LogP contribution in [-0.2, 0) is 16.9 Å². The smallest absolute Gasteiger partial charge is 0.298 e. The van der Waals surface area contributed by atoms with E-state index in [2.05, 4.69) is 5.43 Å². The van der Waals surface area contributed by atoms with E-state index in [0.717, 1.165) is 17.1 Å². The summed E-state index contributed by atoms with van der Waals surface area (Å²) in [6.45, 7) is 0.519. The van der Waals surface area contributed by atoms with Crippen LogP contribution in [0.25, 0.3) is 0 Å². The first-order valence-corrected chi connectivity index (χ1v) is 8.45. The van der Waals surface area contributed by atoms with Crippen molar-refractivity contribution in [1.82, 2.24) is 5.43 Å². The molecule has 0 saturated heterocycles. The van der Waals surface area contributed by atoms with Gasteiger partial charge in [-0.15, -0.1) is 0 Å². The first-order valence-electron chi connectivity index (χ1n) is 8.07. The van der Waals surface area contributed by atoms with E-state index in [4.69, 9.17) is 11.6 Å². The molecule has 9 heteroatoms. The molecule has 1 unspecified atom stereocenters. The number of aldehydes is 1. The number of carbonyl (C=O) groups is 1. The first kappa shape index (κ1) is 20.3. The van der Waals surface area contributed by atoms with Gasteiger partial charge >= 0.3 is 6.18 Å². The Bertz CT molecular complexity index is 904. The van der Waals surface area contributed by atoms with E-state index in [-0.39, 0.29) is 11.3 Å². The third-order valence-corrected chi connectivity index (χ3v) is 4.46. The monoisotopic (exact) mass is 416 g/mol. The minimum absolute atomic E-state index is 0.171. The van der Waals surface area contributed by atoms with Gasteiger partial charge in [-0.2, -0.15) is 13.2 Å². The standard InChI is InChI=1S/C19H14ClF5N2O/c1-18(21,22)13-6-14(19(23,24)25)8-16(7-13)27-9-12(10-28)17(26-27)11-3-2-4-15(20)5-11/h2-10,17,26H,1H3. The van der Waals surface area contributed by atoms with Crippen LogP contribution in [0.4, 0.5) is 27.6 Å². The number of benzene rings is 2. The molecule has 0 bridgehead atoms. The quantitative estimate of drug-likeness (QED) is 0.518. The van der Waals surface area contributed by atoms with Crippen LogP contribution >= 0.6 is 11.6 Å². The number of hydrazine groups is 1. The van der Waals surface area contributed by atoms with Crippen molar-refractivity contribution in [3.05, 3.63) is 76.0 Å². The van der Waals surface area contributed by atoms with Crippen LogP contribution in [0.2, 0.25) is 5.02 Å². The van der Waals surface area contributed by atoms with E-state index in [1.807, 2.05) is 0 Å². The molecule has 1 aliphatic heterocycles. The molecule has 1 heterocycles. The summed E-state index contributed by atoms with van der Waals surface area (Å²) in [4.78, 5) is 11.4. The maximum Gasteiger partial charge on any atom is 0.416 e. The van der Waals surface area contributed by atoms with Crippen LogP contribution in [-0.4, -0.2) is 6.29 Å². The van der Waals surface area contributed by atoms with Gasteiger partial charge in [0.25, 0.3) is 5.92 Å². The van der Waals surface area contributed by atoms with E-state index >= 15 is 0 Å². The molecule has 0 fully saturated rings. The molecule has 0 aliphatic carbocycles. The van der Waals surface area contributed by atoms with E-state index in [1.54, 1.807) is 24.3 Å². The maximum atomic E-state index is 13.7. The molecular weight excluding hydrogens is 403 g/mol. The van der Waals surface area contributed by atoms with Crippen LogP contribution in [0, 0.1) is 0 Å². The summed E-state index contributed by atoms with van der Waals surface area (Å²) in [6.07, 6.45) is -2.99. The van der Waals surface area contributed by atoms with E-state index in [0.29, 0.717) is 29.9 Å². The Morgan fingerprint density at radius 1 is 1.07 bits per heavy atom. The second-order valence-electron chi connectivity index (χ2n) is 6.39. The number of nitrogens with zero attached hydrogens (tertiary/aromatic N) is 1. The number of alkyl halides is 5. The Morgan fingerprint density at radius 3 is 2.32 bits per heavy atom. The Hall–Kier alpha value is -2.45. The normalized spacial score (nSPS) is 17.6. The third-order valence-electron chi connectivity index (χ3n) is 4.23. The van der Waals surface area contributed by atoms with Gasteiger partial charge in [0.05, 0.1) is 17.3 Å². The average Bonchev–Trinajstić information content (AvgIpc) is 3.04. The van der Waals surface area contributed by atoms with Crippen LogP contribution in [0.15, 0.2) is 54.2 Å². The molecule has 0 radical (unpaired) electrons. The number of hydrogen-bond donors (Lipinski definition) is 1. The second-order valence-corrected chi connectivity index (χ2v) is 6.83.